The van der Waals surface area contributed by atoms with E-state index in [4.69, 9.17) is 0 Å². The summed E-state index contributed by atoms with van der Waals surface area (Å²) in [7, 11) is 0. The van der Waals surface area contributed by atoms with E-state index in [9.17, 15) is 0 Å². The van der Waals surface area contributed by atoms with Gasteiger partial charge in [-0.2, -0.15) is 0 Å². The molecule has 0 atom stereocenters. The number of nitrogens with zero attached hydrogens (tertiary/aromatic N) is 3. The van der Waals surface area contributed by atoms with E-state index < -0.39 is 0 Å². The second kappa shape index (κ2) is 14.7. The van der Waals surface area contributed by atoms with E-state index in [1.165, 1.54) is 76.9 Å². The third kappa shape index (κ3) is 6.12. The molecule has 55 heavy (non-hydrogen) atoms. The first-order valence-electron chi connectivity index (χ1n) is 18.3. The maximum absolute atomic E-state index is 4.45. The van der Waals surface area contributed by atoms with Crippen LogP contribution in [0, 0.1) is 6.07 Å². The molecule has 0 N–H and O–H groups in total. The van der Waals surface area contributed by atoms with Gasteiger partial charge in [-0.05, 0) is 82.2 Å². The monoisotopic (exact) mass is 881 g/mol. The molecule has 0 unspecified atom stereocenters. The number of pyridine rings is 1. The van der Waals surface area contributed by atoms with Gasteiger partial charge in [-0.1, -0.05) is 121 Å². The van der Waals surface area contributed by atoms with Gasteiger partial charge in [0, 0.05) is 59.2 Å². The summed E-state index contributed by atoms with van der Waals surface area (Å²) >= 11 is 0. The van der Waals surface area contributed by atoms with Gasteiger partial charge in [0.25, 0.3) is 0 Å². The summed E-state index contributed by atoms with van der Waals surface area (Å²) in [4.78, 5) is 4.45. The van der Waals surface area contributed by atoms with Gasteiger partial charge in [0.05, 0.1) is 22.1 Å². The van der Waals surface area contributed by atoms with Gasteiger partial charge in [0.2, 0.25) is 0 Å². The number of benzene rings is 8. The molecule has 11 rings (SSSR count). The minimum Gasteiger partial charge on any atom is -0.309 e. The molecule has 0 aliphatic rings. The van der Waals surface area contributed by atoms with Crippen molar-refractivity contribution in [2.24, 2.45) is 0 Å². The summed E-state index contributed by atoms with van der Waals surface area (Å²) in [6.45, 7) is 0. The molecule has 0 saturated carbocycles. The fourth-order valence-electron chi connectivity index (χ4n) is 7.88. The van der Waals surface area contributed by atoms with E-state index >= 15 is 0 Å². The molecular formula is C51H34IrN3-. The first-order chi connectivity index (χ1) is 26.8. The Morgan fingerprint density at radius 1 is 0.364 bits per heavy atom. The molecule has 0 bridgehead atoms. The Bertz CT molecular complexity index is 2820. The van der Waals surface area contributed by atoms with Gasteiger partial charge in [-0.25, -0.2) is 0 Å². The number of aromatic nitrogens is 3. The Morgan fingerprint density at radius 3 is 1.20 bits per heavy atom. The van der Waals surface area contributed by atoms with E-state index in [1.54, 1.807) is 0 Å². The number of para-hydroxylation sites is 4. The van der Waals surface area contributed by atoms with Crippen LogP contribution in [0.3, 0.4) is 0 Å². The molecule has 11 aromatic rings. The molecule has 0 amide bonds. The minimum absolute atomic E-state index is 0. The van der Waals surface area contributed by atoms with Crippen molar-refractivity contribution >= 4 is 54.4 Å². The van der Waals surface area contributed by atoms with E-state index in [1.807, 2.05) is 48.7 Å². The summed E-state index contributed by atoms with van der Waals surface area (Å²) in [5.74, 6) is 0. The first kappa shape index (κ1) is 34.2. The Labute approximate surface area is 333 Å². The van der Waals surface area contributed by atoms with Crippen molar-refractivity contribution in [3.8, 4) is 33.8 Å². The Morgan fingerprint density at radius 2 is 0.764 bits per heavy atom. The zero-order valence-corrected chi connectivity index (χ0v) is 32.2. The van der Waals surface area contributed by atoms with Crippen molar-refractivity contribution in [1.29, 1.82) is 0 Å². The van der Waals surface area contributed by atoms with Crippen LogP contribution < -0.4 is 0 Å². The molecular weight excluding hydrogens is 847 g/mol. The van der Waals surface area contributed by atoms with Crippen LogP contribution >= 0.6 is 0 Å². The molecule has 0 aliphatic carbocycles. The van der Waals surface area contributed by atoms with Gasteiger partial charge < -0.3 is 14.1 Å². The van der Waals surface area contributed by atoms with E-state index in [2.05, 4.69) is 178 Å². The van der Waals surface area contributed by atoms with Crippen LogP contribution in [0.15, 0.2) is 206 Å². The topological polar surface area (TPSA) is 22.8 Å². The summed E-state index contributed by atoms with van der Waals surface area (Å²) in [6, 6.07) is 73.9. The predicted molar refractivity (Wildman–Crippen MR) is 227 cm³/mol. The summed E-state index contributed by atoms with van der Waals surface area (Å²) in [6.07, 6.45) is 1.85. The maximum Gasteiger partial charge on any atom is 0.0541 e. The van der Waals surface area contributed by atoms with Crippen molar-refractivity contribution in [1.82, 2.24) is 14.1 Å². The fourth-order valence-corrected chi connectivity index (χ4v) is 7.88. The van der Waals surface area contributed by atoms with Crippen LogP contribution in [-0.2, 0) is 20.1 Å². The number of hydrogen-bond acceptors (Lipinski definition) is 1. The van der Waals surface area contributed by atoms with Gasteiger partial charge in [-0.3, -0.25) is 0 Å². The summed E-state index contributed by atoms with van der Waals surface area (Å²) in [5, 5.41) is 7.53. The van der Waals surface area contributed by atoms with Crippen LogP contribution in [0.5, 0.6) is 0 Å². The molecule has 3 aromatic heterocycles. The number of fused-ring (bicyclic) bond motifs is 7. The number of hydrogen-bond donors (Lipinski definition) is 0. The Kier molecular flexibility index (Phi) is 9.13. The molecule has 3 nitrogen and oxygen atoms in total. The van der Waals surface area contributed by atoms with Crippen LogP contribution in [0.4, 0.5) is 0 Å². The zero-order chi connectivity index (χ0) is 35.8. The molecule has 0 spiro atoms. The van der Waals surface area contributed by atoms with Crippen molar-refractivity contribution in [3.05, 3.63) is 212 Å². The Hall–Kier alpha value is -6.58. The van der Waals surface area contributed by atoms with Gasteiger partial charge in [0.15, 0.2) is 0 Å². The van der Waals surface area contributed by atoms with Gasteiger partial charge >= 0.3 is 0 Å². The minimum atomic E-state index is 0. The van der Waals surface area contributed by atoms with Gasteiger partial charge in [0.1, 0.15) is 0 Å². The first-order valence-corrected chi connectivity index (χ1v) is 18.3. The third-order valence-electron chi connectivity index (χ3n) is 10.4. The smallest absolute Gasteiger partial charge is 0.0541 e. The quantitative estimate of drug-likeness (QED) is 0.162. The van der Waals surface area contributed by atoms with Crippen LogP contribution in [-0.4, -0.2) is 14.1 Å². The molecule has 0 aliphatic heterocycles. The fraction of sp³-hybridized carbons (Fsp3) is 0. The normalized spacial score (nSPS) is 11.1. The van der Waals surface area contributed by atoms with E-state index in [-0.39, 0.29) is 20.1 Å². The van der Waals surface area contributed by atoms with Crippen LogP contribution in [0.1, 0.15) is 0 Å². The van der Waals surface area contributed by atoms with Gasteiger partial charge in [-0.15, -0.1) is 35.9 Å². The molecule has 4 heteroatoms. The summed E-state index contributed by atoms with van der Waals surface area (Å²) < 4.78 is 4.72. The van der Waals surface area contributed by atoms with Crippen LogP contribution in [0.25, 0.3) is 88.1 Å². The van der Waals surface area contributed by atoms with Crippen molar-refractivity contribution in [2.45, 2.75) is 0 Å². The Balaban J connectivity index is 0.000000196. The van der Waals surface area contributed by atoms with Crippen molar-refractivity contribution in [2.75, 3.05) is 0 Å². The molecule has 263 valence electrons. The molecule has 8 aromatic carbocycles. The molecule has 3 heterocycles. The van der Waals surface area contributed by atoms with Crippen molar-refractivity contribution < 1.29 is 20.1 Å². The predicted octanol–water partition coefficient (Wildman–Crippen LogP) is 13.2. The van der Waals surface area contributed by atoms with Crippen molar-refractivity contribution in [3.63, 3.8) is 0 Å². The average Bonchev–Trinajstić information content (AvgIpc) is 3.77. The molecule has 1 radical (unpaired) electrons. The third-order valence-corrected chi connectivity index (χ3v) is 10.4. The average molecular weight is 881 g/mol. The number of rotatable bonds is 4. The second-order valence-corrected chi connectivity index (χ2v) is 13.5. The molecule has 0 saturated heterocycles. The SMILES string of the molecule is [Ir].[c-]1ccccc1-c1nccc2ccccc12.c1ccc2c(c1)c1ccccc1n2-c1ccc(-c2ccc(-n3c4ccccc4c4ccccc43)cc2)cc1. The second-order valence-electron chi connectivity index (χ2n) is 13.5. The zero-order valence-electron chi connectivity index (χ0n) is 29.8. The van der Waals surface area contributed by atoms with E-state index in [0.29, 0.717) is 0 Å². The van der Waals surface area contributed by atoms with Crippen LogP contribution in [0.2, 0.25) is 0 Å². The largest absolute Gasteiger partial charge is 0.309 e. The standard InChI is InChI=1S/C36H24N2.C15H10N.Ir/c1-5-13-33-29(9-1)30-10-2-6-14-34(30)37(33)27-21-17-25(18-22-27)26-19-23-28(24-20-26)38-35-15-7-3-11-31(35)32-12-4-8-16-36(32)38;1-2-7-13(8-3-1)15-14-9-5-4-6-12(14)10-11-16-15;/h1-24H;1-7,9-11H;/q;-1;. The maximum atomic E-state index is 4.45. The van der Waals surface area contributed by atoms with E-state index in [0.717, 1.165) is 11.3 Å². The molecule has 0 fully saturated rings. The summed E-state index contributed by atoms with van der Waals surface area (Å²) in [5.41, 5.74) is 11.7.